The lowest BCUT2D eigenvalue weighted by atomic mass is 9.89. The van der Waals surface area contributed by atoms with Crippen LogP contribution in [0.2, 0.25) is 0 Å². The number of carbonyl (C=O) groups is 1. The summed E-state index contributed by atoms with van der Waals surface area (Å²) >= 11 is 0. The average molecular weight is 158 g/mol. The van der Waals surface area contributed by atoms with Crippen molar-refractivity contribution in [1.82, 2.24) is 0 Å². The Morgan fingerprint density at radius 1 is 1.50 bits per heavy atom. The van der Waals surface area contributed by atoms with Crippen molar-refractivity contribution in [2.24, 2.45) is 5.92 Å². The Kier molecular flexibility index (Phi) is 2.85. The summed E-state index contributed by atoms with van der Waals surface area (Å²) in [5.41, 5.74) is 0.726. The van der Waals surface area contributed by atoms with Gasteiger partial charge in [0.15, 0.2) is 0 Å². The minimum Gasteiger partial charge on any atom is -0.299 e. The average Bonchev–Trinajstić information content (AvgIpc) is 1.95. The van der Waals surface area contributed by atoms with Gasteiger partial charge >= 0.3 is 0 Å². The minimum atomic E-state index is 0.354. The van der Waals surface area contributed by atoms with Crippen LogP contribution < -0.4 is 0 Å². The van der Waals surface area contributed by atoms with Gasteiger partial charge in [0.25, 0.3) is 0 Å². The fourth-order valence-corrected chi connectivity index (χ4v) is 2.27. The molecule has 0 aromatic rings. The van der Waals surface area contributed by atoms with Gasteiger partial charge in [-0.15, -0.1) is 8.58 Å². The fraction of sp³-hybridized carbons (Fsp3) is 0.875. The highest BCUT2D eigenvalue weighted by atomic mass is 31.1. The van der Waals surface area contributed by atoms with Crippen molar-refractivity contribution in [3.8, 4) is 0 Å². The SMILES string of the molecule is CP[C@@H]1CC[C@H](C)C(=O)C1. The molecule has 0 bridgehead atoms. The molecule has 0 aromatic carbocycles. The molecule has 0 aromatic heterocycles. The van der Waals surface area contributed by atoms with Crippen molar-refractivity contribution < 1.29 is 4.79 Å². The molecule has 2 heteroatoms. The predicted molar refractivity (Wildman–Crippen MR) is 46.0 cm³/mol. The Balaban J connectivity index is 2.41. The van der Waals surface area contributed by atoms with E-state index in [-0.39, 0.29) is 0 Å². The molecule has 1 fully saturated rings. The first-order valence-corrected chi connectivity index (χ1v) is 5.51. The number of Topliss-reactive ketones (excluding diaryl/α,β-unsaturated/α-hetero) is 1. The Morgan fingerprint density at radius 3 is 2.70 bits per heavy atom. The molecule has 0 N–H and O–H groups in total. The quantitative estimate of drug-likeness (QED) is 0.534. The molecular formula is C8H15OP. The van der Waals surface area contributed by atoms with Crippen molar-refractivity contribution in [3.05, 3.63) is 0 Å². The maximum atomic E-state index is 11.2. The van der Waals surface area contributed by atoms with E-state index in [1.54, 1.807) is 0 Å². The molecule has 1 rings (SSSR count). The van der Waals surface area contributed by atoms with Gasteiger partial charge in [0, 0.05) is 12.3 Å². The summed E-state index contributed by atoms with van der Waals surface area (Å²) in [5, 5.41) is 0. The topological polar surface area (TPSA) is 17.1 Å². The van der Waals surface area contributed by atoms with Crippen molar-refractivity contribution >= 4 is 14.4 Å². The third-order valence-electron chi connectivity index (χ3n) is 2.35. The van der Waals surface area contributed by atoms with Crippen LogP contribution in [0.3, 0.4) is 0 Å². The van der Waals surface area contributed by atoms with E-state index in [1.807, 2.05) is 0 Å². The number of rotatable bonds is 1. The number of hydrogen-bond donors (Lipinski definition) is 0. The van der Waals surface area contributed by atoms with Crippen LogP contribution in [0.5, 0.6) is 0 Å². The van der Waals surface area contributed by atoms with Gasteiger partial charge in [0.2, 0.25) is 0 Å². The second kappa shape index (κ2) is 3.48. The van der Waals surface area contributed by atoms with Crippen molar-refractivity contribution in [2.75, 3.05) is 6.66 Å². The molecule has 0 aliphatic heterocycles. The van der Waals surface area contributed by atoms with Gasteiger partial charge in [0.1, 0.15) is 5.78 Å². The summed E-state index contributed by atoms with van der Waals surface area (Å²) in [5.74, 6) is 0.846. The van der Waals surface area contributed by atoms with E-state index in [1.165, 1.54) is 6.42 Å². The molecule has 1 unspecified atom stereocenters. The van der Waals surface area contributed by atoms with Gasteiger partial charge < -0.3 is 0 Å². The smallest absolute Gasteiger partial charge is 0.136 e. The van der Waals surface area contributed by atoms with Gasteiger partial charge in [-0.2, -0.15) is 0 Å². The van der Waals surface area contributed by atoms with Gasteiger partial charge in [-0.05, 0) is 25.2 Å². The Hall–Kier alpha value is 0.100. The van der Waals surface area contributed by atoms with Crippen LogP contribution in [0.25, 0.3) is 0 Å². The van der Waals surface area contributed by atoms with Gasteiger partial charge in [-0.1, -0.05) is 6.92 Å². The standard InChI is InChI=1S/C8H15OP/c1-6-3-4-7(10-2)5-8(6)9/h6-7,10H,3-5H2,1-2H3/t6-,7+/m0/s1. The molecule has 1 nitrogen and oxygen atoms in total. The highest BCUT2D eigenvalue weighted by Gasteiger charge is 2.23. The third kappa shape index (κ3) is 1.79. The summed E-state index contributed by atoms with van der Waals surface area (Å²) < 4.78 is 0. The van der Waals surface area contributed by atoms with E-state index in [2.05, 4.69) is 13.6 Å². The zero-order valence-corrected chi connectivity index (χ0v) is 7.68. The highest BCUT2D eigenvalue weighted by molar-refractivity contribution is 7.38. The van der Waals surface area contributed by atoms with Crippen molar-refractivity contribution in [1.29, 1.82) is 0 Å². The van der Waals surface area contributed by atoms with E-state index < -0.39 is 0 Å². The van der Waals surface area contributed by atoms with Gasteiger partial charge in [-0.25, -0.2) is 0 Å². The summed E-state index contributed by atoms with van der Waals surface area (Å²) in [6, 6.07) is 0. The predicted octanol–water partition coefficient (Wildman–Crippen LogP) is 2.05. The van der Waals surface area contributed by atoms with Crippen LogP contribution in [0.1, 0.15) is 26.2 Å². The van der Waals surface area contributed by atoms with Crippen molar-refractivity contribution in [2.45, 2.75) is 31.8 Å². The van der Waals surface area contributed by atoms with E-state index in [0.717, 1.165) is 27.1 Å². The lowest BCUT2D eigenvalue weighted by Crippen LogP contribution is -2.23. The third-order valence-corrected chi connectivity index (χ3v) is 3.66. The van der Waals surface area contributed by atoms with E-state index >= 15 is 0 Å². The van der Waals surface area contributed by atoms with Crippen LogP contribution in [-0.4, -0.2) is 18.1 Å². The summed E-state index contributed by atoms with van der Waals surface area (Å²) in [6.45, 7) is 4.26. The molecule has 0 spiro atoms. The van der Waals surface area contributed by atoms with Crippen LogP contribution in [0.15, 0.2) is 0 Å². The maximum absolute atomic E-state index is 11.2. The first-order valence-electron chi connectivity index (χ1n) is 3.94. The number of hydrogen-bond acceptors (Lipinski definition) is 1. The minimum absolute atomic E-state index is 0.354. The van der Waals surface area contributed by atoms with E-state index in [0.29, 0.717) is 11.7 Å². The number of ketones is 1. The fourth-order valence-electron chi connectivity index (χ4n) is 1.40. The van der Waals surface area contributed by atoms with Crippen LogP contribution in [0, 0.1) is 5.92 Å². The lowest BCUT2D eigenvalue weighted by Gasteiger charge is -2.23. The Bertz CT molecular complexity index is 133. The van der Waals surface area contributed by atoms with Crippen LogP contribution in [0.4, 0.5) is 0 Å². The van der Waals surface area contributed by atoms with Gasteiger partial charge in [0.05, 0.1) is 0 Å². The first-order chi connectivity index (χ1) is 4.74. The Morgan fingerprint density at radius 2 is 2.20 bits per heavy atom. The molecule has 1 aliphatic rings. The number of carbonyl (C=O) groups excluding carboxylic acids is 1. The molecule has 1 aliphatic carbocycles. The maximum Gasteiger partial charge on any atom is 0.136 e. The molecular weight excluding hydrogens is 143 g/mol. The molecule has 0 heterocycles. The largest absolute Gasteiger partial charge is 0.299 e. The zero-order chi connectivity index (χ0) is 7.56. The second-order valence-electron chi connectivity index (χ2n) is 3.13. The zero-order valence-electron chi connectivity index (χ0n) is 6.68. The molecule has 0 radical (unpaired) electrons. The second-order valence-corrected chi connectivity index (χ2v) is 4.53. The molecule has 1 saturated carbocycles. The molecule has 10 heavy (non-hydrogen) atoms. The van der Waals surface area contributed by atoms with Crippen molar-refractivity contribution in [3.63, 3.8) is 0 Å². The van der Waals surface area contributed by atoms with Gasteiger partial charge in [-0.3, -0.25) is 4.79 Å². The van der Waals surface area contributed by atoms with Crippen LogP contribution >= 0.6 is 8.58 Å². The highest BCUT2D eigenvalue weighted by Crippen LogP contribution is 2.30. The molecule has 3 atom stereocenters. The normalized spacial score (nSPS) is 35.6. The lowest BCUT2D eigenvalue weighted by molar-refractivity contribution is -0.123. The monoisotopic (exact) mass is 158 g/mol. The summed E-state index contributed by atoms with van der Waals surface area (Å²) in [4.78, 5) is 11.2. The molecule has 0 saturated heterocycles. The molecule has 0 amide bonds. The Labute approximate surface area is 64.4 Å². The summed E-state index contributed by atoms with van der Waals surface area (Å²) in [7, 11) is 0.962. The first kappa shape index (κ1) is 8.20. The van der Waals surface area contributed by atoms with E-state index in [9.17, 15) is 4.79 Å². The molecule has 58 valence electrons. The summed E-state index contributed by atoms with van der Waals surface area (Å²) in [6.07, 6.45) is 3.27. The van der Waals surface area contributed by atoms with E-state index in [4.69, 9.17) is 0 Å². The van der Waals surface area contributed by atoms with Crippen LogP contribution in [-0.2, 0) is 4.79 Å².